The predicted molar refractivity (Wildman–Crippen MR) is 352 cm³/mol. The zero-order valence-electron chi connectivity index (χ0n) is 54.3. The third-order valence-electron chi connectivity index (χ3n) is 17.2. The first-order chi connectivity index (χ1) is 39.5. The van der Waals surface area contributed by atoms with E-state index < -0.39 is 12.1 Å². The van der Waals surface area contributed by atoms with Crippen LogP contribution in [0.2, 0.25) is 0 Å². The number of carbonyl (C=O) groups excluding carboxylic acids is 2. The Morgan fingerprint density at radius 3 is 0.887 bits per heavy atom. The molecular formula is C74H143NO5. The minimum atomic E-state index is -0.843. The molecule has 0 aromatic heterocycles. The molecule has 0 aromatic carbocycles. The number of hydrogen-bond acceptors (Lipinski definition) is 5. The topological polar surface area (TPSA) is 95.9 Å². The molecule has 6 nitrogen and oxygen atoms in total. The summed E-state index contributed by atoms with van der Waals surface area (Å²) in [5.74, 6) is -0.0415. The zero-order valence-corrected chi connectivity index (χ0v) is 54.3. The zero-order chi connectivity index (χ0) is 57.8. The summed E-state index contributed by atoms with van der Waals surface area (Å²) < 4.78 is 5.49. The standard InChI is InChI=1S/C74H143NO5/c1-3-5-7-9-11-13-15-17-18-19-36-39-43-46-50-54-58-62-66-72(77)71(70-76)75-73(78)67-63-59-55-51-47-44-40-37-34-32-30-28-26-24-22-20-21-23-25-27-29-31-33-35-38-41-45-49-53-57-61-65-69-80-74(79)68-64-60-56-52-48-42-16-14-12-10-8-6-4-2/h23,25,62,66,71-72,76-77H,3-22,24,26-61,63-65,67-70H2,1-2H3,(H,75,78)/b25-23-,66-62+. The molecule has 0 aromatic rings. The summed E-state index contributed by atoms with van der Waals surface area (Å²) in [5, 5.41) is 23.2. The number of hydrogen-bond donors (Lipinski definition) is 3. The van der Waals surface area contributed by atoms with Crippen LogP contribution in [0.25, 0.3) is 0 Å². The second kappa shape index (κ2) is 69.8. The number of amides is 1. The Bertz CT molecular complexity index is 1250. The van der Waals surface area contributed by atoms with Gasteiger partial charge in [-0.25, -0.2) is 0 Å². The number of rotatable bonds is 69. The number of aliphatic hydroxyl groups is 2. The van der Waals surface area contributed by atoms with E-state index in [1.165, 1.54) is 347 Å². The summed E-state index contributed by atoms with van der Waals surface area (Å²) in [6.45, 7) is 4.95. The number of unbranched alkanes of at least 4 members (excludes halogenated alkanes) is 56. The average molecular weight is 1130 g/mol. The van der Waals surface area contributed by atoms with Crippen LogP contribution in [0.1, 0.15) is 412 Å². The summed E-state index contributed by atoms with van der Waals surface area (Å²) in [7, 11) is 0. The van der Waals surface area contributed by atoms with Gasteiger partial charge in [-0.3, -0.25) is 9.59 Å². The Kier molecular flexibility index (Phi) is 68.4. The Labute approximate surface area is 501 Å². The maximum Gasteiger partial charge on any atom is 0.305 e. The van der Waals surface area contributed by atoms with E-state index in [1.807, 2.05) is 6.08 Å². The number of esters is 1. The first-order valence-corrected chi connectivity index (χ1v) is 36.6. The van der Waals surface area contributed by atoms with Crippen LogP contribution in [0.15, 0.2) is 24.3 Å². The van der Waals surface area contributed by atoms with Crippen LogP contribution in [0.4, 0.5) is 0 Å². The van der Waals surface area contributed by atoms with Crippen molar-refractivity contribution >= 4 is 11.9 Å². The molecule has 0 rings (SSSR count). The molecule has 1 amide bonds. The van der Waals surface area contributed by atoms with Crippen LogP contribution in [0.5, 0.6) is 0 Å². The van der Waals surface area contributed by atoms with E-state index in [9.17, 15) is 19.8 Å². The molecule has 2 unspecified atom stereocenters. The van der Waals surface area contributed by atoms with Gasteiger partial charge in [0, 0.05) is 12.8 Å². The largest absolute Gasteiger partial charge is 0.466 e. The first-order valence-electron chi connectivity index (χ1n) is 36.6. The second-order valence-electron chi connectivity index (χ2n) is 25.3. The first kappa shape index (κ1) is 78.3. The van der Waals surface area contributed by atoms with Gasteiger partial charge in [0.15, 0.2) is 0 Å². The van der Waals surface area contributed by atoms with Gasteiger partial charge >= 0.3 is 5.97 Å². The van der Waals surface area contributed by atoms with E-state index in [-0.39, 0.29) is 18.5 Å². The minimum absolute atomic E-state index is 0.0202. The quantitative estimate of drug-likeness (QED) is 0.0320. The van der Waals surface area contributed by atoms with E-state index >= 15 is 0 Å². The van der Waals surface area contributed by atoms with Gasteiger partial charge in [0.05, 0.1) is 25.4 Å². The van der Waals surface area contributed by atoms with Crippen LogP contribution >= 0.6 is 0 Å². The lowest BCUT2D eigenvalue weighted by Crippen LogP contribution is -2.45. The van der Waals surface area contributed by atoms with Crippen molar-refractivity contribution in [1.29, 1.82) is 0 Å². The fourth-order valence-corrected chi connectivity index (χ4v) is 11.6. The van der Waals surface area contributed by atoms with Crippen LogP contribution in [0, 0.1) is 0 Å². The number of ether oxygens (including phenoxy) is 1. The van der Waals surface area contributed by atoms with Crippen molar-refractivity contribution in [3.05, 3.63) is 24.3 Å². The maximum atomic E-state index is 12.5. The molecule has 0 fully saturated rings. The minimum Gasteiger partial charge on any atom is -0.466 e. The molecule has 0 aliphatic carbocycles. The monoisotopic (exact) mass is 1130 g/mol. The van der Waals surface area contributed by atoms with Gasteiger partial charge in [-0.1, -0.05) is 366 Å². The Morgan fingerprint density at radius 1 is 0.338 bits per heavy atom. The molecule has 0 bridgehead atoms. The SMILES string of the molecule is CCCCCCCCCCCCCCCCCC/C=C/C(O)C(CO)NC(=O)CCCCCCCCCCCCCCCCCC/C=C\CCCCCCCCCCCCCCOC(=O)CCCCCCCCCCCCCCC. The molecule has 0 heterocycles. The second-order valence-corrected chi connectivity index (χ2v) is 25.3. The molecule has 0 saturated carbocycles. The Hall–Kier alpha value is -1.66. The van der Waals surface area contributed by atoms with Crippen molar-refractivity contribution in [2.45, 2.75) is 424 Å². The smallest absolute Gasteiger partial charge is 0.305 e. The lowest BCUT2D eigenvalue weighted by atomic mass is 10.0. The van der Waals surface area contributed by atoms with Gasteiger partial charge in [-0.15, -0.1) is 0 Å². The highest BCUT2D eigenvalue weighted by Gasteiger charge is 2.18. The van der Waals surface area contributed by atoms with Crippen molar-refractivity contribution in [3.8, 4) is 0 Å². The molecule has 0 aliphatic heterocycles. The lowest BCUT2D eigenvalue weighted by molar-refractivity contribution is -0.143. The van der Waals surface area contributed by atoms with Gasteiger partial charge in [-0.2, -0.15) is 0 Å². The highest BCUT2D eigenvalue weighted by molar-refractivity contribution is 5.76. The molecule has 6 heteroatoms. The fourth-order valence-electron chi connectivity index (χ4n) is 11.6. The molecule has 0 aliphatic rings. The van der Waals surface area contributed by atoms with Crippen LogP contribution in [-0.2, 0) is 14.3 Å². The summed E-state index contributed by atoms with van der Waals surface area (Å²) in [4.78, 5) is 24.6. The van der Waals surface area contributed by atoms with Gasteiger partial charge in [0.1, 0.15) is 0 Å². The van der Waals surface area contributed by atoms with E-state index in [0.717, 1.165) is 38.5 Å². The van der Waals surface area contributed by atoms with E-state index in [2.05, 4.69) is 31.3 Å². The number of carbonyl (C=O) groups is 2. The van der Waals surface area contributed by atoms with Crippen molar-refractivity contribution in [2.75, 3.05) is 13.2 Å². The van der Waals surface area contributed by atoms with Gasteiger partial charge < -0.3 is 20.3 Å². The van der Waals surface area contributed by atoms with Gasteiger partial charge in [0.2, 0.25) is 5.91 Å². The lowest BCUT2D eigenvalue weighted by Gasteiger charge is -2.20. The normalized spacial score (nSPS) is 12.6. The van der Waals surface area contributed by atoms with Crippen LogP contribution < -0.4 is 5.32 Å². The summed E-state index contributed by atoms with van der Waals surface area (Å²) in [6.07, 6.45) is 88.4. The summed E-state index contributed by atoms with van der Waals surface area (Å²) in [6, 6.07) is -0.626. The Balaban J connectivity index is 3.37. The van der Waals surface area contributed by atoms with Crippen molar-refractivity contribution in [1.82, 2.24) is 5.32 Å². The maximum absolute atomic E-state index is 12.5. The average Bonchev–Trinajstić information content (AvgIpc) is 3.46. The predicted octanol–water partition coefficient (Wildman–Crippen LogP) is 23.7. The van der Waals surface area contributed by atoms with E-state index in [4.69, 9.17) is 4.74 Å². The van der Waals surface area contributed by atoms with Crippen LogP contribution in [0.3, 0.4) is 0 Å². The molecule has 80 heavy (non-hydrogen) atoms. The fraction of sp³-hybridized carbons (Fsp3) is 0.919. The number of aliphatic hydroxyl groups excluding tert-OH is 2. The molecule has 474 valence electrons. The molecule has 0 saturated heterocycles. The van der Waals surface area contributed by atoms with Gasteiger partial charge in [0.25, 0.3) is 0 Å². The number of nitrogens with one attached hydrogen (secondary N) is 1. The molecule has 0 spiro atoms. The van der Waals surface area contributed by atoms with Crippen LogP contribution in [-0.4, -0.2) is 47.4 Å². The molecule has 2 atom stereocenters. The third kappa shape index (κ3) is 65.5. The highest BCUT2D eigenvalue weighted by atomic mass is 16.5. The van der Waals surface area contributed by atoms with E-state index in [0.29, 0.717) is 19.4 Å². The summed E-state index contributed by atoms with van der Waals surface area (Å²) >= 11 is 0. The van der Waals surface area contributed by atoms with Crippen molar-refractivity contribution in [2.24, 2.45) is 0 Å². The van der Waals surface area contributed by atoms with Crippen molar-refractivity contribution < 1.29 is 24.5 Å². The van der Waals surface area contributed by atoms with E-state index in [1.54, 1.807) is 6.08 Å². The molecule has 0 radical (unpaired) electrons. The highest BCUT2D eigenvalue weighted by Crippen LogP contribution is 2.19. The third-order valence-corrected chi connectivity index (χ3v) is 17.2. The Morgan fingerprint density at radius 2 is 0.588 bits per heavy atom. The molecular weight excluding hydrogens is 983 g/mol. The summed E-state index contributed by atoms with van der Waals surface area (Å²) in [5.41, 5.74) is 0. The number of allylic oxidation sites excluding steroid dienone is 3. The molecule has 3 N–H and O–H groups in total. The van der Waals surface area contributed by atoms with Crippen molar-refractivity contribution in [3.63, 3.8) is 0 Å². The van der Waals surface area contributed by atoms with Gasteiger partial charge in [-0.05, 0) is 57.8 Å².